The summed E-state index contributed by atoms with van der Waals surface area (Å²) >= 11 is 6.30. The topological polar surface area (TPSA) is 55.1 Å². The van der Waals surface area contributed by atoms with Gasteiger partial charge in [0.05, 0.1) is 22.7 Å². The Labute approximate surface area is 129 Å². The van der Waals surface area contributed by atoms with Gasteiger partial charge in [-0.1, -0.05) is 47.5 Å². The predicted molar refractivity (Wildman–Crippen MR) is 85.7 cm³/mol. The summed E-state index contributed by atoms with van der Waals surface area (Å²) < 4.78 is 0. The molecule has 0 saturated carbocycles. The van der Waals surface area contributed by atoms with E-state index in [1.165, 1.54) is 5.56 Å². The number of hydrogen-bond donors (Lipinski definition) is 2. The van der Waals surface area contributed by atoms with Crippen molar-refractivity contribution < 1.29 is 4.79 Å². The molecule has 1 amide bonds. The number of anilines is 1. The van der Waals surface area contributed by atoms with Crippen LogP contribution in [0.2, 0.25) is 5.02 Å². The van der Waals surface area contributed by atoms with Crippen molar-refractivity contribution in [3.05, 3.63) is 63.7 Å². The Morgan fingerprint density at radius 3 is 2.71 bits per heavy atom. The molecule has 2 aromatic carbocycles. The van der Waals surface area contributed by atoms with Gasteiger partial charge < -0.3 is 11.1 Å². The van der Waals surface area contributed by atoms with Crippen molar-refractivity contribution in [3.8, 4) is 0 Å². The Kier molecular flexibility index (Phi) is 3.47. The van der Waals surface area contributed by atoms with E-state index in [1.54, 1.807) is 0 Å². The number of benzene rings is 2. The summed E-state index contributed by atoms with van der Waals surface area (Å²) in [6.07, 6.45) is 0. The lowest BCUT2D eigenvalue weighted by atomic mass is 9.94. The first-order valence-corrected chi connectivity index (χ1v) is 7.31. The normalized spacial score (nSPS) is 18.3. The first kappa shape index (κ1) is 14.1. The molecule has 2 unspecified atom stereocenters. The standard InChI is InChI=1S/C17H17ClN2O/c1-9-4-3-5-11(6-9)15(19)12-7-13-10(2)17(21)20-16(13)14(18)8-12/h3-8,10,15H,19H2,1-2H3,(H,20,21). The summed E-state index contributed by atoms with van der Waals surface area (Å²) in [5.74, 6) is -0.213. The molecule has 108 valence electrons. The number of hydrogen-bond acceptors (Lipinski definition) is 2. The summed E-state index contributed by atoms with van der Waals surface area (Å²) in [6.45, 7) is 3.91. The highest BCUT2D eigenvalue weighted by atomic mass is 35.5. The molecule has 2 atom stereocenters. The fourth-order valence-electron chi connectivity index (χ4n) is 2.73. The average Bonchev–Trinajstić information content (AvgIpc) is 2.75. The van der Waals surface area contributed by atoms with Crippen LogP contribution in [0.4, 0.5) is 5.69 Å². The zero-order valence-corrected chi connectivity index (χ0v) is 12.7. The number of halogens is 1. The van der Waals surface area contributed by atoms with Crippen LogP contribution >= 0.6 is 11.6 Å². The highest BCUT2D eigenvalue weighted by molar-refractivity contribution is 6.34. The second-order valence-corrected chi connectivity index (χ2v) is 5.98. The summed E-state index contributed by atoms with van der Waals surface area (Å²) in [4.78, 5) is 11.8. The third kappa shape index (κ3) is 2.43. The van der Waals surface area contributed by atoms with Crippen molar-refractivity contribution in [3.63, 3.8) is 0 Å². The van der Waals surface area contributed by atoms with Gasteiger partial charge in [-0.05, 0) is 36.6 Å². The Bertz CT molecular complexity index is 727. The monoisotopic (exact) mass is 300 g/mol. The van der Waals surface area contributed by atoms with Crippen LogP contribution in [0.3, 0.4) is 0 Å². The first-order valence-electron chi connectivity index (χ1n) is 6.93. The van der Waals surface area contributed by atoms with E-state index in [4.69, 9.17) is 17.3 Å². The van der Waals surface area contributed by atoms with Crippen LogP contribution in [0, 0.1) is 6.92 Å². The summed E-state index contributed by atoms with van der Waals surface area (Å²) in [5.41, 5.74) is 11.1. The molecule has 3 nitrogen and oxygen atoms in total. The maximum absolute atomic E-state index is 11.8. The maximum atomic E-state index is 11.8. The van der Waals surface area contributed by atoms with Gasteiger partial charge in [-0.3, -0.25) is 4.79 Å². The smallest absolute Gasteiger partial charge is 0.231 e. The SMILES string of the molecule is Cc1cccc(C(N)c2cc(Cl)c3c(c2)C(C)C(=O)N3)c1. The van der Waals surface area contributed by atoms with E-state index in [2.05, 4.69) is 11.4 Å². The molecule has 0 aromatic heterocycles. The Morgan fingerprint density at radius 1 is 1.24 bits per heavy atom. The summed E-state index contributed by atoms with van der Waals surface area (Å²) in [5, 5.41) is 3.36. The molecule has 0 radical (unpaired) electrons. The third-order valence-corrected chi connectivity index (χ3v) is 4.31. The Hall–Kier alpha value is -1.84. The van der Waals surface area contributed by atoms with Crippen LogP contribution in [0.1, 0.15) is 41.1 Å². The molecule has 0 spiro atoms. The van der Waals surface area contributed by atoms with Crippen LogP contribution in [-0.2, 0) is 4.79 Å². The van der Waals surface area contributed by atoms with Gasteiger partial charge in [0.15, 0.2) is 0 Å². The van der Waals surface area contributed by atoms with E-state index in [9.17, 15) is 4.79 Å². The molecule has 2 aromatic rings. The van der Waals surface area contributed by atoms with Gasteiger partial charge in [0, 0.05) is 0 Å². The molecule has 1 heterocycles. The molecule has 1 aliphatic heterocycles. The van der Waals surface area contributed by atoms with Gasteiger partial charge in [0.2, 0.25) is 5.91 Å². The van der Waals surface area contributed by atoms with Crippen molar-refractivity contribution in [2.24, 2.45) is 5.73 Å². The van der Waals surface area contributed by atoms with Gasteiger partial charge in [0.1, 0.15) is 0 Å². The quantitative estimate of drug-likeness (QED) is 0.887. The molecule has 4 heteroatoms. The zero-order chi connectivity index (χ0) is 15.1. The lowest BCUT2D eigenvalue weighted by molar-refractivity contribution is -0.116. The third-order valence-electron chi connectivity index (χ3n) is 4.01. The molecule has 3 rings (SSSR count). The van der Waals surface area contributed by atoms with Crippen molar-refractivity contribution in [2.75, 3.05) is 5.32 Å². The van der Waals surface area contributed by atoms with Crippen molar-refractivity contribution in [1.29, 1.82) is 0 Å². The number of aryl methyl sites for hydroxylation is 1. The number of nitrogens with one attached hydrogen (secondary N) is 1. The molecular formula is C17H17ClN2O. The number of fused-ring (bicyclic) bond motifs is 1. The molecule has 0 fully saturated rings. The lowest BCUT2D eigenvalue weighted by Crippen LogP contribution is -2.12. The van der Waals surface area contributed by atoms with Crippen LogP contribution in [0.25, 0.3) is 0 Å². The molecule has 0 aliphatic carbocycles. The van der Waals surface area contributed by atoms with Gasteiger partial charge in [-0.15, -0.1) is 0 Å². The fourth-order valence-corrected chi connectivity index (χ4v) is 3.01. The fraction of sp³-hybridized carbons (Fsp3) is 0.235. The molecule has 21 heavy (non-hydrogen) atoms. The number of amides is 1. The van der Waals surface area contributed by atoms with Gasteiger partial charge >= 0.3 is 0 Å². The van der Waals surface area contributed by atoms with Gasteiger partial charge in [-0.2, -0.15) is 0 Å². The number of rotatable bonds is 2. The molecule has 0 saturated heterocycles. The minimum atomic E-state index is -0.254. The van der Waals surface area contributed by atoms with E-state index in [0.717, 1.165) is 16.7 Å². The highest BCUT2D eigenvalue weighted by Crippen LogP contribution is 2.40. The van der Waals surface area contributed by atoms with Crippen LogP contribution in [-0.4, -0.2) is 5.91 Å². The minimum Gasteiger partial charge on any atom is -0.324 e. The van der Waals surface area contributed by atoms with E-state index in [1.807, 2.05) is 44.2 Å². The van der Waals surface area contributed by atoms with Crippen LogP contribution in [0.5, 0.6) is 0 Å². The predicted octanol–water partition coefficient (Wildman–Crippen LogP) is 3.75. The van der Waals surface area contributed by atoms with Crippen molar-refractivity contribution in [1.82, 2.24) is 0 Å². The van der Waals surface area contributed by atoms with E-state index >= 15 is 0 Å². The highest BCUT2D eigenvalue weighted by Gasteiger charge is 2.29. The number of carbonyl (C=O) groups excluding carboxylic acids is 1. The maximum Gasteiger partial charge on any atom is 0.231 e. The van der Waals surface area contributed by atoms with Crippen LogP contribution < -0.4 is 11.1 Å². The number of carbonyl (C=O) groups is 1. The molecule has 1 aliphatic rings. The van der Waals surface area contributed by atoms with E-state index in [-0.39, 0.29) is 17.9 Å². The van der Waals surface area contributed by atoms with Crippen molar-refractivity contribution in [2.45, 2.75) is 25.8 Å². The van der Waals surface area contributed by atoms with Gasteiger partial charge in [-0.25, -0.2) is 0 Å². The molecular weight excluding hydrogens is 284 g/mol. The molecule has 3 N–H and O–H groups in total. The molecule has 0 bridgehead atoms. The largest absolute Gasteiger partial charge is 0.324 e. The zero-order valence-electron chi connectivity index (χ0n) is 12.0. The lowest BCUT2D eigenvalue weighted by Gasteiger charge is -2.16. The van der Waals surface area contributed by atoms with Gasteiger partial charge in [0.25, 0.3) is 0 Å². The number of nitrogens with two attached hydrogens (primary N) is 1. The van der Waals surface area contributed by atoms with Crippen molar-refractivity contribution >= 4 is 23.2 Å². The second-order valence-electron chi connectivity index (χ2n) is 5.57. The van der Waals surface area contributed by atoms with Crippen LogP contribution in [0.15, 0.2) is 36.4 Å². The first-order chi connectivity index (χ1) is 9.97. The summed E-state index contributed by atoms with van der Waals surface area (Å²) in [6, 6.07) is 11.7. The second kappa shape index (κ2) is 5.17. The average molecular weight is 301 g/mol. The minimum absolute atomic E-state index is 0.0202. The summed E-state index contributed by atoms with van der Waals surface area (Å²) in [7, 11) is 0. The van der Waals surface area contributed by atoms with E-state index in [0.29, 0.717) is 10.7 Å². The Balaban J connectivity index is 2.05. The van der Waals surface area contributed by atoms with E-state index < -0.39 is 0 Å². The Morgan fingerprint density at radius 2 is 2.00 bits per heavy atom.